The first-order chi connectivity index (χ1) is 7.95. The van der Waals surface area contributed by atoms with Crippen molar-refractivity contribution in [3.63, 3.8) is 0 Å². The van der Waals surface area contributed by atoms with Gasteiger partial charge < -0.3 is 4.90 Å². The third-order valence-corrected chi connectivity index (χ3v) is 2.85. The van der Waals surface area contributed by atoms with Gasteiger partial charge in [-0.05, 0) is 57.1 Å². The quantitative estimate of drug-likeness (QED) is 0.709. The van der Waals surface area contributed by atoms with E-state index in [0.717, 1.165) is 6.54 Å². The summed E-state index contributed by atoms with van der Waals surface area (Å²) in [6, 6.07) is 6.58. The molecule has 0 heterocycles. The predicted molar refractivity (Wildman–Crippen MR) is 77.3 cm³/mol. The van der Waals surface area contributed by atoms with Crippen molar-refractivity contribution in [2.24, 2.45) is 0 Å². The molecule has 0 aliphatic heterocycles. The summed E-state index contributed by atoms with van der Waals surface area (Å²) in [7, 11) is 4.14. The first-order valence-corrected chi connectivity index (χ1v) is 6.02. The number of rotatable bonds is 4. The fourth-order valence-electron chi connectivity index (χ4n) is 2.13. The summed E-state index contributed by atoms with van der Waals surface area (Å²) in [5.41, 5.74) is 6.35. The van der Waals surface area contributed by atoms with Gasteiger partial charge in [-0.15, -0.1) is 0 Å². The van der Waals surface area contributed by atoms with E-state index in [-0.39, 0.29) is 0 Å². The van der Waals surface area contributed by atoms with Crippen LogP contribution in [-0.2, 0) is 0 Å². The second-order valence-electron chi connectivity index (χ2n) is 4.86. The maximum Gasteiger partial charge on any atom is 0.0227 e. The van der Waals surface area contributed by atoms with Crippen LogP contribution in [0.4, 0.5) is 0 Å². The minimum Gasteiger partial charge on any atom is -0.305 e. The molecule has 0 aromatic heterocycles. The highest BCUT2D eigenvalue weighted by atomic mass is 15.0. The Balaban J connectivity index is 3.07. The van der Waals surface area contributed by atoms with E-state index >= 15 is 0 Å². The van der Waals surface area contributed by atoms with Gasteiger partial charge in [-0.3, -0.25) is 0 Å². The number of allylic oxidation sites excluding steroid dienone is 1. The molecular weight excluding hydrogens is 206 g/mol. The Kier molecular flexibility index (Phi) is 4.71. The van der Waals surface area contributed by atoms with Crippen LogP contribution in [0.25, 0.3) is 5.57 Å². The maximum atomic E-state index is 4.20. The van der Waals surface area contributed by atoms with Crippen LogP contribution >= 0.6 is 0 Å². The lowest BCUT2D eigenvalue weighted by atomic mass is 9.93. The zero-order valence-electron chi connectivity index (χ0n) is 11.7. The summed E-state index contributed by atoms with van der Waals surface area (Å²) in [5, 5.41) is 0. The van der Waals surface area contributed by atoms with Crippen LogP contribution in [0.3, 0.4) is 0 Å². The number of nitrogens with zero attached hydrogens (tertiary/aromatic N) is 1. The van der Waals surface area contributed by atoms with E-state index in [4.69, 9.17) is 0 Å². The maximum absolute atomic E-state index is 4.20. The molecule has 0 aliphatic carbocycles. The second-order valence-corrected chi connectivity index (χ2v) is 4.86. The zero-order chi connectivity index (χ0) is 13.0. The molecule has 0 amide bonds. The first kappa shape index (κ1) is 13.7. The van der Waals surface area contributed by atoms with Crippen LogP contribution in [0.1, 0.15) is 23.6 Å². The van der Waals surface area contributed by atoms with Crippen molar-refractivity contribution < 1.29 is 0 Å². The van der Waals surface area contributed by atoms with Crippen molar-refractivity contribution in [1.29, 1.82) is 0 Å². The van der Waals surface area contributed by atoms with Gasteiger partial charge >= 0.3 is 0 Å². The standard InChI is InChI=1S/C16H23N/c1-7-15(14(4)11-17(5)6)16-9-8-12(2)10-13(16)3/h7-10H,4,11H2,1-3,5-6H3/b15-7-. The Hall–Kier alpha value is -1.34. The van der Waals surface area contributed by atoms with Crippen LogP contribution in [0.2, 0.25) is 0 Å². The Morgan fingerprint density at radius 2 is 1.94 bits per heavy atom. The summed E-state index contributed by atoms with van der Waals surface area (Å²) < 4.78 is 0. The van der Waals surface area contributed by atoms with E-state index in [9.17, 15) is 0 Å². The fourth-order valence-corrected chi connectivity index (χ4v) is 2.13. The van der Waals surface area contributed by atoms with E-state index in [2.05, 4.69) is 70.6 Å². The molecule has 1 rings (SSSR count). The molecule has 92 valence electrons. The Bertz CT molecular complexity index is 439. The topological polar surface area (TPSA) is 3.24 Å². The first-order valence-electron chi connectivity index (χ1n) is 6.02. The van der Waals surface area contributed by atoms with Crippen molar-refractivity contribution in [2.75, 3.05) is 20.6 Å². The Morgan fingerprint density at radius 3 is 2.41 bits per heavy atom. The van der Waals surface area contributed by atoms with Crippen molar-refractivity contribution in [3.8, 4) is 0 Å². The molecule has 0 unspecified atom stereocenters. The predicted octanol–water partition coefficient (Wildman–Crippen LogP) is 3.82. The van der Waals surface area contributed by atoms with Crippen molar-refractivity contribution >= 4 is 5.57 Å². The highest BCUT2D eigenvalue weighted by Crippen LogP contribution is 2.25. The van der Waals surface area contributed by atoms with Crippen LogP contribution in [0, 0.1) is 13.8 Å². The monoisotopic (exact) mass is 229 g/mol. The number of hydrogen-bond donors (Lipinski definition) is 0. The smallest absolute Gasteiger partial charge is 0.0227 e. The molecule has 1 nitrogen and oxygen atoms in total. The number of likely N-dealkylation sites (N-methyl/N-ethyl adjacent to an activating group) is 1. The zero-order valence-corrected chi connectivity index (χ0v) is 11.7. The highest BCUT2D eigenvalue weighted by molar-refractivity contribution is 5.80. The van der Waals surface area contributed by atoms with Gasteiger partial charge in [0.2, 0.25) is 0 Å². The van der Waals surface area contributed by atoms with E-state index in [1.165, 1.54) is 27.8 Å². The fraction of sp³-hybridized carbons (Fsp3) is 0.375. The molecule has 1 aromatic carbocycles. The highest BCUT2D eigenvalue weighted by Gasteiger charge is 2.08. The number of benzene rings is 1. The molecule has 1 heteroatoms. The van der Waals surface area contributed by atoms with Crippen LogP contribution in [-0.4, -0.2) is 25.5 Å². The number of aryl methyl sites for hydroxylation is 2. The number of hydrogen-bond acceptors (Lipinski definition) is 1. The average molecular weight is 229 g/mol. The van der Waals surface area contributed by atoms with Crippen LogP contribution in [0.5, 0.6) is 0 Å². The van der Waals surface area contributed by atoms with Crippen molar-refractivity contribution in [3.05, 3.63) is 53.1 Å². The lowest BCUT2D eigenvalue weighted by Gasteiger charge is -2.17. The minimum atomic E-state index is 0.896. The Labute approximate surface area is 105 Å². The molecule has 17 heavy (non-hydrogen) atoms. The van der Waals surface area contributed by atoms with E-state index in [0.29, 0.717) is 0 Å². The summed E-state index contributed by atoms with van der Waals surface area (Å²) in [4.78, 5) is 2.15. The molecule has 0 atom stereocenters. The van der Waals surface area contributed by atoms with E-state index in [1.807, 2.05) is 0 Å². The Morgan fingerprint density at radius 1 is 1.29 bits per heavy atom. The lowest BCUT2D eigenvalue weighted by molar-refractivity contribution is 0.450. The molecular formula is C16H23N. The molecule has 0 fully saturated rings. The van der Waals surface area contributed by atoms with E-state index in [1.54, 1.807) is 0 Å². The molecule has 1 aromatic rings. The molecule has 0 radical (unpaired) electrons. The third-order valence-electron chi connectivity index (χ3n) is 2.85. The summed E-state index contributed by atoms with van der Waals surface area (Å²) in [6.45, 7) is 11.5. The van der Waals surface area contributed by atoms with Crippen LogP contribution < -0.4 is 0 Å². The second kappa shape index (κ2) is 5.83. The summed E-state index contributed by atoms with van der Waals surface area (Å²) in [5.74, 6) is 0. The van der Waals surface area contributed by atoms with Crippen LogP contribution in [0.15, 0.2) is 36.4 Å². The normalized spacial score (nSPS) is 12.0. The molecule has 0 saturated heterocycles. The van der Waals surface area contributed by atoms with Gasteiger partial charge in [0, 0.05) is 6.54 Å². The SMILES string of the molecule is C=C(CN(C)C)/C(=C/C)c1ccc(C)cc1C. The molecule has 0 saturated carbocycles. The molecule has 0 spiro atoms. The van der Waals surface area contributed by atoms with E-state index < -0.39 is 0 Å². The van der Waals surface area contributed by atoms with Crippen molar-refractivity contribution in [1.82, 2.24) is 4.90 Å². The van der Waals surface area contributed by atoms with Gasteiger partial charge in [0.25, 0.3) is 0 Å². The summed E-state index contributed by atoms with van der Waals surface area (Å²) >= 11 is 0. The van der Waals surface area contributed by atoms with Gasteiger partial charge in [-0.2, -0.15) is 0 Å². The van der Waals surface area contributed by atoms with Gasteiger partial charge in [0.1, 0.15) is 0 Å². The minimum absolute atomic E-state index is 0.896. The molecule has 0 aliphatic rings. The average Bonchev–Trinajstić information content (AvgIpc) is 2.21. The van der Waals surface area contributed by atoms with Crippen molar-refractivity contribution in [2.45, 2.75) is 20.8 Å². The summed E-state index contributed by atoms with van der Waals surface area (Å²) in [6.07, 6.45) is 2.16. The lowest BCUT2D eigenvalue weighted by Crippen LogP contribution is -2.15. The van der Waals surface area contributed by atoms with Gasteiger partial charge in [-0.1, -0.05) is 36.4 Å². The molecule has 0 bridgehead atoms. The largest absolute Gasteiger partial charge is 0.305 e. The molecule has 0 N–H and O–H groups in total. The van der Waals surface area contributed by atoms with Gasteiger partial charge in [0.05, 0.1) is 0 Å². The third kappa shape index (κ3) is 3.57. The van der Waals surface area contributed by atoms with Gasteiger partial charge in [-0.25, -0.2) is 0 Å². The van der Waals surface area contributed by atoms with Gasteiger partial charge in [0.15, 0.2) is 0 Å².